The van der Waals surface area contributed by atoms with E-state index in [1.165, 1.54) is 22.3 Å². The van der Waals surface area contributed by atoms with E-state index < -0.39 is 0 Å². The van der Waals surface area contributed by atoms with Crippen molar-refractivity contribution >= 4 is 0 Å². The Bertz CT molecular complexity index is 249. The lowest BCUT2D eigenvalue weighted by molar-refractivity contribution is 1.16. The third-order valence-electron chi connectivity index (χ3n) is 2.44. The predicted molar refractivity (Wildman–Crippen MR) is 50.5 cm³/mol. The molecule has 0 aromatic carbocycles. The lowest BCUT2D eigenvalue weighted by atomic mass is 10.1. The number of rotatable bonds is 0. The summed E-state index contributed by atoms with van der Waals surface area (Å²) in [4.78, 5) is 0. The highest BCUT2D eigenvalue weighted by atomic mass is 14.1. The summed E-state index contributed by atoms with van der Waals surface area (Å²) in [6.07, 6.45) is 5.69. The normalized spacial score (nSPS) is 19.3. The van der Waals surface area contributed by atoms with Crippen molar-refractivity contribution in [1.29, 1.82) is 0 Å². The van der Waals surface area contributed by atoms with E-state index in [0.717, 1.165) is 6.42 Å². The van der Waals surface area contributed by atoms with Crippen LogP contribution in [0.2, 0.25) is 0 Å². The van der Waals surface area contributed by atoms with Crippen molar-refractivity contribution in [3.8, 4) is 0 Å². The van der Waals surface area contributed by atoms with Crippen molar-refractivity contribution in [2.24, 2.45) is 0 Å². The van der Waals surface area contributed by atoms with Gasteiger partial charge in [0.05, 0.1) is 0 Å². The minimum atomic E-state index is 1.12. The summed E-state index contributed by atoms with van der Waals surface area (Å²) in [6, 6.07) is 0. The van der Waals surface area contributed by atoms with Crippen molar-refractivity contribution in [3.63, 3.8) is 0 Å². The van der Waals surface area contributed by atoms with Gasteiger partial charge in [0.2, 0.25) is 0 Å². The molecule has 1 aliphatic rings. The molecule has 11 heavy (non-hydrogen) atoms. The van der Waals surface area contributed by atoms with E-state index in [0.29, 0.717) is 0 Å². The second-order valence-electron chi connectivity index (χ2n) is 3.38. The fraction of sp³-hybridized carbons (Fsp3) is 0.455. The van der Waals surface area contributed by atoms with Gasteiger partial charge in [0.1, 0.15) is 0 Å². The molecule has 1 aliphatic carbocycles. The largest absolute Gasteiger partial charge is 0.0773 e. The zero-order chi connectivity index (χ0) is 8.43. The van der Waals surface area contributed by atoms with Gasteiger partial charge in [-0.1, -0.05) is 28.9 Å². The molecule has 0 radical (unpaired) electrons. The molecular formula is C11H16. The van der Waals surface area contributed by atoms with E-state index in [4.69, 9.17) is 0 Å². The second kappa shape index (κ2) is 3.08. The molecule has 0 nitrogen and oxygen atoms in total. The van der Waals surface area contributed by atoms with Crippen LogP contribution in [0, 0.1) is 0 Å². The maximum absolute atomic E-state index is 2.30. The van der Waals surface area contributed by atoms with E-state index in [1.807, 2.05) is 0 Å². The van der Waals surface area contributed by atoms with Gasteiger partial charge in [-0.3, -0.25) is 0 Å². The highest BCUT2D eigenvalue weighted by Gasteiger charge is 2.01. The highest BCUT2D eigenvalue weighted by Crippen LogP contribution is 2.21. The lowest BCUT2D eigenvalue weighted by Crippen LogP contribution is -1.77. The third-order valence-corrected chi connectivity index (χ3v) is 2.44. The molecule has 0 bridgehead atoms. The van der Waals surface area contributed by atoms with Crippen molar-refractivity contribution in [2.45, 2.75) is 34.1 Å². The van der Waals surface area contributed by atoms with E-state index in [2.05, 4.69) is 39.8 Å². The SMILES string of the molecule is CC1=CCC(C)=C(C)C=C1C. The maximum Gasteiger partial charge on any atom is -0.0130 e. The molecule has 0 aromatic heterocycles. The molecule has 0 heteroatoms. The van der Waals surface area contributed by atoms with Gasteiger partial charge < -0.3 is 0 Å². The van der Waals surface area contributed by atoms with Gasteiger partial charge in [-0.05, 0) is 39.7 Å². The van der Waals surface area contributed by atoms with Gasteiger partial charge in [-0.25, -0.2) is 0 Å². The smallest absolute Gasteiger partial charge is 0.0130 e. The summed E-state index contributed by atoms with van der Waals surface area (Å²) in [5.74, 6) is 0. The quantitative estimate of drug-likeness (QED) is 0.492. The van der Waals surface area contributed by atoms with Crippen LogP contribution >= 0.6 is 0 Å². The van der Waals surface area contributed by atoms with Crippen LogP contribution in [0.15, 0.2) is 34.4 Å². The topological polar surface area (TPSA) is 0 Å². The monoisotopic (exact) mass is 148 g/mol. The lowest BCUT2D eigenvalue weighted by Gasteiger charge is -1.97. The standard InChI is InChI=1S/C11H16/c1-8-5-6-9(2)11(4)7-10(8)3/h5,7H,6H2,1-4H3. The molecule has 0 saturated carbocycles. The van der Waals surface area contributed by atoms with E-state index in [-0.39, 0.29) is 0 Å². The van der Waals surface area contributed by atoms with Crippen LogP contribution in [0.5, 0.6) is 0 Å². The summed E-state index contributed by atoms with van der Waals surface area (Å²) in [5.41, 5.74) is 5.73. The van der Waals surface area contributed by atoms with E-state index >= 15 is 0 Å². The van der Waals surface area contributed by atoms with Gasteiger partial charge in [-0.15, -0.1) is 0 Å². The second-order valence-corrected chi connectivity index (χ2v) is 3.38. The molecule has 0 fully saturated rings. The molecular weight excluding hydrogens is 132 g/mol. The molecule has 0 spiro atoms. The fourth-order valence-electron chi connectivity index (χ4n) is 1.19. The minimum Gasteiger partial charge on any atom is -0.0773 e. The van der Waals surface area contributed by atoms with Crippen LogP contribution in [-0.4, -0.2) is 0 Å². The summed E-state index contributed by atoms with van der Waals surface area (Å²) >= 11 is 0. The van der Waals surface area contributed by atoms with Crippen LogP contribution in [-0.2, 0) is 0 Å². The van der Waals surface area contributed by atoms with Crippen molar-refractivity contribution < 1.29 is 0 Å². The Hall–Kier alpha value is -0.780. The first-order valence-electron chi connectivity index (χ1n) is 4.13. The molecule has 1 rings (SSSR count). The summed E-state index contributed by atoms with van der Waals surface area (Å²) < 4.78 is 0. The summed E-state index contributed by atoms with van der Waals surface area (Å²) in [7, 11) is 0. The Morgan fingerprint density at radius 1 is 1.00 bits per heavy atom. The number of hydrogen-bond donors (Lipinski definition) is 0. The van der Waals surface area contributed by atoms with Crippen molar-refractivity contribution in [1.82, 2.24) is 0 Å². The molecule has 0 aliphatic heterocycles. The van der Waals surface area contributed by atoms with Crippen molar-refractivity contribution in [3.05, 3.63) is 34.4 Å². The van der Waals surface area contributed by atoms with Gasteiger partial charge in [0, 0.05) is 0 Å². The van der Waals surface area contributed by atoms with Crippen LogP contribution in [0.4, 0.5) is 0 Å². The fourth-order valence-corrected chi connectivity index (χ4v) is 1.19. The summed E-state index contributed by atoms with van der Waals surface area (Å²) in [5, 5.41) is 0. The third kappa shape index (κ3) is 1.83. The van der Waals surface area contributed by atoms with Crippen LogP contribution < -0.4 is 0 Å². The molecule has 60 valence electrons. The Kier molecular flexibility index (Phi) is 2.33. The maximum atomic E-state index is 2.30. The molecule has 0 aromatic rings. The molecule has 0 unspecified atom stereocenters. The Balaban J connectivity index is 3.04. The Morgan fingerprint density at radius 3 is 2.27 bits per heavy atom. The first kappa shape index (κ1) is 8.32. The zero-order valence-corrected chi connectivity index (χ0v) is 7.86. The molecule has 0 saturated heterocycles. The van der Waals surface area contributed by atoms with Gasteiger partial charge in [0.15, 0.2) is 0 Å². The summed E-state index contributed by atoms with van der Waals surface area (Å²) in [6.45, 7) is 8.74. The molecule has 0 N–H and O–H groups in total. The number of allylic oxidation sites excluding steroid dienone is 6. The van der Waals surface area contributed by atoms with E-state index in [1.54, 1.807) is 0 Å². The highest BCUT2D eigenvalue weighted by molar-refractivity contribution is 5.39. The van der Waals surface area contributed by atoms with Gasteiger partial charge >= 0.3 is 0 Å². The predicted octanol–water partition coefficient (Wildman–Crippen LogP) is 3.62. The zero-order valence-electron chi connectivity index (χ0n) is 7.86. The van der Waals surface area contributed by atoms with Crippen LogP contribution in [0.3, 0.4) is 0 Å². The number of hydrogen-bond acceptors (Lipinski definition) is 0. The van der Waals surface area contributed by atoms with Crippen LogP contribution in [0.1, 0.15) is 34.1 Å². The van der Waals surface area contributed by atoms with Crippen molar-refractivity contribution in [2.75, 3.05) is 0 Å². The Morgan fingerprint density at radius 2 is 1.64 bits per heavy atom. The minimum absolute atomic E-state index is 1.12. The first-order valence-corrected chi connectivity index (χ1v) is 4.13. The van der Waals surface area contributed by atoms with Gasteiger partial charge in [0.25, 0.3) is 0 Å². The Labute approximate surface area is 69.3 Å². The average molecular weight is 148 g/mol. The molecule has 0 heterocycles. The molecule has 0 amide bonds. The van der Waals surface area contributed by atoms with Crippen LogP contribution in [0.25, 0.3) is 0 Å². The molecule has 0 atom stereocenters. The first-order chi connectivity index (χ1) is 5.11. The van der Waals surface area contributed by atoms with E-state index in [9.17, 15) is 0 Å². The van der Waals surface area contributed by atoms with Gasteiger partial charge in [-0.2, -0.15) is 0 Å². The average Bonchev–Trinajstić information content (AvgIpc) is 2.05.